The van der Waals surface area contributed by atoms with Gasteiger partial charge in [0.15, 0.2) is 0 Å². The van der Waals surface area contributed by atoms with E-state index in [1.807, 2.05) is 6.07 Å². The number of nitro benzene ring substituents is 1. The average Bonchev–Trinajstić information content (AvgIpc) is 3.05. The monoisotopic (exact) mass is 394 g/mol. The van der Waals surface area contributed by atoms with E-state index in [1.54, 1.807) is 18.2 Å². The zero-order chi connectivity index (χ0) is 17.7. The van der Waals surface area contributed by atoms with Crippen molar-refractivity contribution in [3.63, 3.8) is 0 Å². The van der Waals surface area contributed by atoms with Gasteiger partial charge in [0.05, 0.1) is 21.7 Å². The van der Waals surface area contributed by atoms with Crippen molar-refractivity contribution in [2.75, 3.05) is 5.32 Å². The van der Waals surface area contributed by atoms with Crippen LogP contribution in [0.3, 0.4) is 0 Å². The molecule has 2 aromatic rings. The molecule has 0 spiro atoms. The molecule has 2 aliphatic rings. The van der Waals surface area contributed by atoms with Gasteiger partial charge in [-0.25, -0.2) is 0 Å². The summed E-state index contributed by atoms with van der Waals surface area (Å²) in [6.07, 6.45) is 5.12. The van der Waals surface area contributed by atoms with Crippen LogP contribution in [0.15, 0.2) is 42.5 Å². The maximum atomic E-state index is 11.2. The first kappa shape index (κ1) is 16.7. The zero-order valence-corrected chi connectivity index (χ0v) is 15.1. The van der Waals surface area contributed by atoms with Crippen molar-refractivity contribution in [2.24, 2.45) is 5.92 Å². The maximum absolute atomic E-state index is 11.2. The van der Waals surface area contributed by atoms with Crippen LogP contribution in [0, 0.1) is 16.0 Å². The predicted octanol–water partition coefficient (Wildman–Crippen LogP) is 6.38. The maximum Gasteiger partial charge on any atom is 0.269 e. The Morgan fingerprint density at radius 1 is 1.08 bits per heavy atom. The highest BCUT2D eigenvalue weighted by Crippen LogP contribution is 2.53. The number of benzene rings is 2. The second-order valence-electron chi connectivity index (χ2n) is 6.29. The van der Waals surface area contributed by atoms with E-state index in [0.29, 0.717) is 20.6 Å². The minimum atomic E-state index is -0.409. The van der Waals surface area contributed by atoms with Crippen LogP contribution in [-0.4, -0.2) is 4.92 Å². The average molecular weight is 396 g/mol. The molecule has 0 radical (unpaired) electrons. The Morgan fingerprint density at radius 3 is 2.64 bits per heavy atom. The van der Waals surface area contributed by atoms with E-state index >= 15 is 0 Å². The predicted molar refractivity (Wildman–Crippen MR) is 101 cm³/mol. The van der Waals surface area contributed by atoms with Crippen molar-refractivity contribution >= 4 is 46.2 Å². The number of hydrogen-bond acceptors (Lipinski definition) is 3. The largest absolute Gasteiger partial charge is 0.376 e. The summed E-state index contributed by atoms with van der Waals surface area (Å²) in [4.78, 5) is 10.7. The number of nitro groups is 1. The second kappa shape index (κ2) is 6.20. The third-order valence-corrected chi connectivity index (χ3v) is 5.77. The molecular formula is C18H13Cl3N2O2. The number of rotatable bonds is 2. The van der Waals surface area contributed by atoms with Crippen molar-refractivity contribution in [1.29, 1.82) is 0 Å². The van der Waals surface area contributed by atoms with Crippen LogP contribution >= 0.6 is 34.8 Å². The Bertz CT molecular complexity index is 913. The van der Waals surface area contributed by atoms with E-state index in [-0.39, 0.29) is 23.6 Å². The van der Waals surface area contributed by atoms with Crippen LogP contribution in [0.4, 0.5) is 11.4 Å². The van der Waals surface area contributed by atoms with E-state index < -0.39 is 4.92 Å². The number of fused-ring (bicyclic) bond motifs is 3. The van der Waals surface area contributed by atoms with Crippen LogP contribution in [0.25, 0.3) is 0 Å². The molecule has 1 N–H and O–H groups in total. The first-order valence-corrected chi connectivity index (χ1v) is 8.95. The van der Waals surface area contributed by atoms with Crippen molar-refractivity contribution in [3.05, 3.63) is 78.8 Å². The van der Waals surface area contributed by atoms with Gasteiger partial charge in [-0.05, 0) is 36.1 Å². The second-order valence-corrected chi connectivity index (χ2v) is 7.54. The summed E-state index contributed by atoms with van der Waals surface area (Å²) in [7, 11) is 0. The number of allylic oxidation sites excluding steroid dienone is 2. The van der Waals surface area contributed by atoms with Crippen LogP contribution in [0.1, 0.15) is 29.5 Å². The Morgan fingerprint density at radius 2 is 1.88 bits per heavy atom. The molecular weight excluding hydrogens is 383 g/mol. The number of anilines is 1. The molecule has 0 saturated carbocycles. The molecule has 0 saturated heterocycles. The molecule has 0 fully saturated rings. The summed E-state index contributed by atoms with van der Waals surface area (Å²) in [6.45, 7) is 0. The third-order valence-electron chi connectivity index (χ3n) is 4.91. The molecule has 0 aromatic heterocycles. The van der Waals surface area contributed by atoms with Crippen LogP contribution in [0.2, 0.25) is 15.1 Å². The lowest BCUT2D eigenvalue weighted by Crippen LogP contribution is -2.29. The zero-order valence-electron chi connectivity index (χ0n) is 12.9. The fourth-order valence-corrected chi connectivity index (χ4v) is 4.61. The smallest absolute Gasteiger partial charge is 0.269 e. The van der Waals surface area contributed by atoms with Gasteiger partial charge in [0.2, 0.25) is 0 Å². The summed E-state index contributed by atoms with van der Waals surface area (Å²) in [6, 6.07) is 7.99. The molecule has 128 valence electrons. The Hall–Kier alpha value is -1.75. The van der Waals surface area contributed by atoms with Crippen LogP contribution in [-0.2, 0) is 0 Å². The van der Waals surface area contributed by atoms with E-state index in [9.17, 15) is 10.1 Å². The van der Waals surface area contributed by atoms with E-state index in [0.717, 1.165) is 17.7 Å². The summed E-state index contributed by atoms with van der Waals surface area (Å²) in [5, 5.41) is 16.2. The van der Waals surface area contributed by atoms with Crippen molar-refractivity contribution in [3.8, 4) is 0 Å². The summed E-state index contributed by atoms with van der Waals surface area (Å²) < 4.78 is 0. The fraction of sp³-hybridized carbons (Fsp3) is 0.222. The summed E-state index contributed by atoms with van der Waals surface area (Å²) >= 11 is 19.0. The summed E-state index contributed by atoms with van der Waals surface area (Å²) in [5.41, 5.74) is 2.60. The molecule has 3 atom stereocenters. The van der Waals surface area contributed by atoms with Gasteiger partial charge in [-0.15, -0.1) is 0 Å². The van der Waals surface area contributed by atoms with Crippen molar-refractivity contribution in [2.45, 2.75) is 18.4 Å². The Labute approximate surface area is 159 Å². The topological polar surface area (TPSA) is 55.2 Å². The number of halogens is 3. The normalized spacial score (nSPS) is 23.7. The van der Waals surface area contributed by atoms with Crippen molar-refractivity contribution < 1.29 is 4.92 Å². The number of nitrogens with zero attached hydrogens (tertiary/aromatic N) is 1. The fourth-order valence-electron chi connectivity index (χ4n) is 3.81. The molecule has 4 nitrogen and oxygen atoms in total. The Kier molecular flexibility index (Phi) is 4.14. The van der Waals surface area contributed by atoms with Gasteiger partial charge in [0.1, 0.15) is 0 Å². The van der Waals surface area contributed by atoms with Gasteiger partial charge in [-0.3, -0.25) is 10.1 Å². The highest BCUT2D eigenvalue weighted by Gasteiger charge is 2.40. The highest BCUT2D eigenvalue weighted by atomic mass is 35.5. The van der Waals surface area contributed by atoms with Gasteiger partial charge >= 0.3 is 0 Å². The Balaban J connectivity index is 1.85. The minimum Gasteiger partial charge on any atom is -0.376 e. The molecule has 0 amide bonds. The van der Waals surface area contributed by atoms with E-state index in [1.165, 1.54) is 6.07 Å². The van der Waals surface area contributed by atoms with Gasteiger partial charge in [-0.2, -0.15) is 0 Å². The van der Waals surface area contributed by atoms with Gasteiger partial charge in [0.25, 0.3) is 5.69 Å². The van der Waals surface area contributed by atoms with E-state index in [2.05, 4.69) is 17.5 Å². The molecule has 1 aliphatic heterocycles. The lowest BCUT2D eigenvalue weighted by atomic mass is 9.77. The number of nitrogens with one attached hydrogen (secondary N) is 1. The molecule has 25 heavy (non-hydrogen) atoms. The van der Waals surface area contributed by atoms with Gasteiger partial charge < -0.3 is 5.32 Å². The quantitative estimate of drug-likeness (QED) is 0.364. The van der Waals surface area contributed by atoms with Gasteiger partial charge in [0, 0.05) is 33.7 Å². The molecule has 0 unspecified atom stereocenters. The highest BCUT2D eigenvalue weighted by molar-refractivity contribution is 6.36. The minimum absolute atomic E-state index is 0.0247. The SMILES string of the molecule is O=[N+]([O-])c1ccc(Cl)c([C@@H]2Nc3c(Cl)cc(Cl)cc3[C@@H]3C=CC[C@@H]32)c1. The molecule has 0 bridgehead atoms. The summed E-state index contributed by atoms with van der Waals surface area (Å²) in [5.74, 6) is 0.342. The number of non-ortho nitro benzene ring substituents is 1. The van der Waals surface area contributed by atoms with Crippen LogP contribution < -0.4 is 5.32 Å². The van der Waals surface area contributed by atoms with Crippen LogP contribution in [0.5, 0.6) is 0 Å². The first-order chi connectivity index (χ1) is 12.0. The van der Waals surface area contributed by atoms with Gasteiger partial charge in [-0.1, -0.05) is 47.0 Å². The molecule has 1 aliphatic carbocycles. The standard InChI is InChI=1S/C18H13Cl3N2O2/c19-9-6-13-11-2-1-3-12(11)17(22-18(13)16(21)7-9)14-8-10(23(24)25)4-5-15(14)20/h1-2,4-8,11-12,17,22H,3H2/t11-,12+,17-/m1/s1. The molecule has 7 heteroatoms. The third kappa shape index (κ3) is 2.78. The molecule has 2 aromatic carbocycles. The number of hydrogen-bond donors (Lipinski definition) is 1. The van der Waals surface area contributed by atoms with E-state index in [4.69, 9.17) is 34.8 Å². The van der Waals surface area contributed by atoms with Crippen molar-refractivity contribution in [1.82, 2.24) is 0 Å². The molecule has 1 heterocycles. The molecule has 4 rings (SSSR count). The lowest BCUT2D eigenvalue weighted by molar-refractivity contribution is -0.384. The lowest BCUT2D eigenvalue weighted by Gasteiger charge is -2.38. The first-order valence-electron chi connectivity index (χ1n) is 7.81.